The molecule has 4 heterocycles. The molecule has 0 bridgehead atoms. The number of hydrogen-bond donors (Lipinski definition) is 2. The molecule has 5 aliphatic rings. The molecule has 14 heteroatoms. The van der Waals surface area contributed by atoms with E-state index in [-0.39, 0.29) is 71.1 Å². The Bertz CT molecular complexity index is 2690. The Morgan fingerprint density at radius 1 is 0.723 bits per heavy atom. The topological polar surface area (TPSA) is 151 Å². The number of piperazine rings is 2. The molecule has 2 saturated heterocycles. The van der Waals surface area contributed by atoms with E-state index >= 15 is 0 Å². The molecule has 5 aromatic rings. The highest BCUT2D eigenvalue weighted by atomic mass is 19.1. The van der Waals surface area contributed by atoms with Crippen LogP contribution in [0.25, 0.3) is 22.6 Å². The summed E-state index contributed by atoms with van der Waals surface area (Å²) in [4.78, 5) is 60.6. The van der Waals surface area contributed by atoms with Crippen molar-refractivity contribution in [1.82, 2.24) is 30.7 Å². The van der Waals surface area contributed by atoms with Crippen molar-refractivity contribution in [3.05, 3.63) is 117 Å². The number of rotatable bonds is 10. The van der Waals surface area contributed by atoms with Gasteiger partial charge in [-0.25, -0.2) is 8.78 Å². The van der Waals surface area contributed by atoms with Crippen LogP contribution in [0.15, 0.2) is 69.7 Å². The van der Waals surface area contributed by atoms with Crippen LogP contribution in [0.3, 0.4) is 0 Å². The summed E-state index contributed by atoms with van der Waals surface area (Å²) in [7, 11) is 0. The van der Waals surface area contributed by atoms with E-state index in [0.717, 1.165) is 59.1 Å². The first-order chi connectivity index (χ1) is 31.4. The molecule has 12 nitrogen and oxygen atoms in total. The zero-order valence-corrected chi connectivity index (χ0v) is 37.0. The molecule has 338 valence electrons. The van der Waals surface area contributed by atoms with Crippen molar-refractivity contribution in [3.63, 3.8) is 0 Å². The molecule has 4 amide bonds. The van der Waals surface area contributed by atoms with Gasteiger partial charge in [0.25, 0.3) is 11.8 Å². The smallest absolute Gasteiger partial charge is 0.277 e. The van der Waals surface area contributed by atoms with Gasteiger partial charge in [-0.1, -0.05) is 68.2 Å². The van der Waals surface area contributed by atoms with Crippen molar-refractivity contribution in [2.45, 2.75) is 116 Å². The fraction of sp³-hybridized carbons (Fsp3) is 0.451. The minimum atomic E-state index is -0.734. The van der Waals surface area contributed by atoms with Crippen LogP contribution in [0.1, 0.15) is 120 Å². The number of carbonyl (C=O) groups excluding carboxylic acids is 4. The average molecular weight is 885 g/mol. The molecule has 10 rings (SSSR count). The maximum absolute atomic E-state index is 14.6. The van der Waals surface area contributed by atoms with Crippen LogP contribution in [0, 0.1) is 29.4 Å². The minimum Gasteiger partial charge on any atom is -0.355 e. The fourth-order valence-electron chi connectivity index (χ4n) is 11.2. The minimum absolute atomic E-state index is 0.0401. The maximum atomic E-state index is 14.6. The first kappa shape index (κ1) is 42.8. The van der Waals surface area contributed by atoms with Crippen LogP contribution in [0.5, 0.6) is 0 Å². The van der Waals surface area contributed by atoms with Gasteiger partial charge in [-0.2, -0.15) is 0 Å². The summed E-state index contributed by atoms with van der Waals surface area (Å²) in [6.07, 6.45) is 7.69. The predicted octanol–water partition coefficient (Wildman–Crippen LogP) is 7.97. The lowest BCUT2D eigenvalue weighted by Gasteiger charge is -2.42. The summed E-state index contributed by atoms with van der Waals surface area (Å²) in [6, 6.07) is 14.9. The Morgan fingerprint density at radius 2 is 1.29 bits per heavy atom. The number of nitrogens with one attached hydrogen (secondary N) is 2. The molecule has 5 atom stereocenters. The van der Waals surface area contributed by atoms with Crippen molar-refractivity contribution >= 4 is 23.6 Å². The van der Waals surface area contributed by atoms with Gasteiger partial charge in [0.15, 0.2) is 22.9 Å². The number of nitrogens with zero attached hydrogens (tertiary/aromatic N) is 4. The van der Waals surface area contributed by atoms with E-state index in [9.17, 15) is 28.0 Å². The Kier molecular flexibility index (Phi) is 11.4. The highest BCUT2D eigenvalue weighted by molar-refractivity contribution is 6.00. The Hall–Kier alpha value is -6.18. The summed E-state index contributed by atoms with van der Waals surface area (Å²) in [5.74, 6) is -0.440. The van der Waals surface area contributed by atoms with E-state index < -0.39 is 18.1 Å². The van der Waals surface area contributed by atoms with Gasteiger partial charge in [-0.05, 0) is 134 Å². The molecule has 1 unspecified atom stereocenters. The maximum Gasteiger partial charge on any atom is 0.277 e. The molecule has 3 aromatic carbocycles. The number of carbonyl (C=O) groups is 4. The first-order valence-electron chi connectivity index (χ1n) is 23.3. The summed E-state index contributed by atoms with van der Waals surface area (Å²) in [6.45, 7) is 6.72. The molecule has 0 spiro atoms. The zero-order valence-electron chi connectivity index (χ0n) is 37.0. The monoisotopic (exact) mass is 884 g/mol. The van der Waals surface area contributed by atoms with Crippen molar-refractivity contribution < 1.29 is 37.0 Å². The van der Waals surface area contributed by atoms with Gasteiger partial charge in [-0.15, -0.1) is 0 Å². The first-order valence-corrected chi connectivity index (χ1v) is 23.3. The van der Waals surface area contributed by atoms with Gasteiger partial charge in [0, 0.05) is 41.4 Å². The quantitative estimate of drug-likeness (QED) is 0.143. The van der Waals surface area contributed by atoms with Gasteiger partial charge in [0.1, 0.15) is 23.7 Å². The van der Waals surface area contributed by atoms with Crippen molar-refractivity contribution in [3.8, 4) is 22.6 Å². The molecule has 2 aromatic heterocycles. The van der Waals surface area contributed by atoms with Crippen LogP contribution < -0.4 is 10.6 Å². The molecule has 3 fully saturated rings. The van der Waals surface area contributed by atoms with Crippen molar-refractivity contribution in [2.24, 2.45) is 17.8 Å². The summed E-state index contributed by atoms with van der Waals surface area (Å²) in [5, 5.41) is 15.0. The van der Waals surface area contributed by atoms with Gasteiger partial charge < -0.3 is 29.5 Å². The number of amides is 4. The highest BCUT2D eigenvalue weighted by Gasteiger charge is 2.44. The second-order valence-electron chi connectivity index (χ2n) is 19.4. The molecule has 3 aliphatic carbocycles. The third kappa shape index (κ3) is 8.13. The fourth-order valence-corrected chi connectivity index (χ4v) is 11.2. The van der Waals surface area contributed by atoms with E-state index in [2.05, 4.69) is 27.9 Å². The van der Waals surface area contributed by atoms with E-state index in [1.54, 1.807) is 21.9 Å². The number of hydrogen-bond acceptors (Lipinski definition) is 8. The van der Waals surface area contributed by atoms with Crippen LogP contribution in [-0.4, -0.2) is 75.0 Å². The van der Waals surface area contributed by atoms with E-state index in [1.807, 2.05) is 38.1 Å². The van der Waals surface area contributed by atoms with E-state index in [0.29, 0.717) is 80.1 Å². The Labute approximate surface area is 376 Å². The molecule has 2 N–H and O–H groups in total. The number of aryl methyl sites for hydroxylation is 2. The molecular weight excluding hydrogens is 831 g/mol. The van der Waals surface area contributed by atoms with Gasteiger partial charge >= 0.3 is 0 Å². The van der Waals surface area contributed by atoms with E-state index in [4.69, 9.17) is 9.05 Å². The molecule has 65 heavy (non-hydrogen) atoms. The second-order valence-corrected chi connectivity index (χ2v) is 19.4. The second kappa shape index (κ2) is 17.3. The third-order valence-electron chi connectivity index (χ3n) is 14.4. The standard InChI is InChI=1S/C51H54F2N6O6/c1-27(2)19-42-48(60)55-41(26-58(42)50(62)44-38-15-11-31-23-34(52)13-17-36(31)46(38)64-56-44)33-10-6-7-29(22-33)20-28(3)21-43-49(61)54-40(30-8-4-5-9-30)25-59(43)51(63)45-39-16-12-32-24-35(53)14-18-37(32)47(39)65-57-45/h6-7,10,13-14,17-18,22-24,27-28,30,40-43H,4-5,8-9,11-12,15-16,19-21,25-26H2,1-3H3,(H,54,61)(H,55,60)/t28?,40-,41-,42+,43+/m1/s1. The summed E-state index contributed by atoms with van der Waals surface area (Å²) in [5.41, 5.74) is 6.64. The van der Waals surface area contributed by atoms with Crippen LogP contribution in [-0.2, 0) is 41.7 Å². The SMILES string of the molecule is CC(C)C[C@H]1C(=O)N[C@@H](c2cccc(CC(C)C[C@H]3C(=O)N[C@@H](C4CCCC4)CN3C(=O)c3noc4c3CCc3cc(F)ccc3-4)c2)CN1C(=O)c1noc2c1CCc1cc(F)ccc1-2. The lowest BCUT2D eigenvalue weighted by Crippen LogP contribution is -2.63. The predicted molar refractivity (Wildman–Crippen MR) is 236 cm³/mol. The van der Waals surface area contributed by atoms with Crippen LogP contribution >= 0.6 is 0 Å². The summed E-state index contributed by atoms with van der Waals surface area (Å²) < 4.78 is 39.7. The Balaban J connectivity index is 0.873. The van der Waals surface area contributed by atoms with Crippen molar-refractivity contribution in [1.29, 1.82) is 0 Å². The number of aromatic nitrogens is 2. The normalized spacial score (nSPS) is 22.2. The number of halogens is 2. The van der Waals surface area contributed by atoms with Crippen LogP contribution in [0.4, 0.5) is 8.78 Å². The molecule has 0 radical (unpaired) electrons. The highest BCUT2D eigenvalue weighted by Crippen LogP contribution is 2.39. The summed E-state index contributed by atoms with van der Waals surface area (Å²) >= 11 is 0. The van der Waals surface area contributed by atoms with Gasteiger partial charge in [0.05, 0.1) is 6.04 Å². The van der Waals surface area contributed by atoms with Crippen LogP contribution in [0.2, 0.25) is 0 Å². The zero-order chi connectivity index (χ0) is 45.1. The molecule has 2 aliphatic heterocycles. The lowest BCUT2D eigenvalue weighted by atomic mass is 9.87. The number of benzene rings is 3. The Morgan fingerprint density at radius 3 is 1.89 bits per heavy atom. The van der Waals surface area contributed by atoms with Gasteiger partial charge in [0.2, 0.25) is 11.8 Å². The lowest BCUT2D eigenvalue weighted by molar-refractivity contribution is -0.131. The largest absolute Gasteiger partial charge is 0.355 e. The molecule has 1 saturated carbocycles. The average Bonchev–Trinajstić information content (AvgIpc) is 4.08. The number of fused-ring (bicyclic) bond motifs is 6. The van der Waals surface area contributed by atoms with Gasteiger partial charge in [-0.3, -0.25) is 19.2 Å². The molecular formula is C51H54F2N6O6. The van der Waals surface area contributed by atoms with Crippen molar-refractivity contribution in [2.75, 3.05) is 13.1 Å². The van der Waals surface area contributed by atoms with E-state index in [1.165, 1.54) is 24.3 Å². The third-order valence-corrected chi connectivity index (χ3v) is 14.4.